The summed E-state index contributed by atoms with van der Waals surface area (Å²) in [5, 5.41) is 29.7. The second-order valence-electron chi connectivity index (χ2n) is 25.0. The molecular formula is C60H99N4O19S. The van der Waals surface area contributed by atoms with E-state index in [1.165, 1.54) is 40.4 Å². The third-order valence-corrected chi connectivity index (χ3v) is 18.7. The molecular weight excluding hydrogens is 1110 g/mol. The Kier molecular flexibility index (Phi) is 25.4. The van der Waals surface area contributed by atoms with Crippen LogP contribution in [0.15, 0.2) is 40.4 Å². The number of aliphatic hydroxyl groups is 2. The second-order valence-corrected chi connectivity index (χ2v) is 26.8. The number of methoxy groups -OCH3 is 2. The fraction of sp³-hybridized carbons (Fsp3) is 0.817. The fourth-order valence-electron chi connectivity index (χ4n) is 12.8. The molecule has 21 atom stereocenters. The van der Waals surface area contributed by atoms with Crippen molar-refractivity contribution in [2.75, 3.05) is 54.2 Å². The number of amides is 1. The molecule has 0 saturated carbocycles. The zero-order valence-electron chi connectivity index (χ0n) is 52.3. The Balaban J connectivity index is 1.41. The summed E-state index contributed by atoms with van der Waals surface area (Å²) >= 11 is 0. The van der Waals surface area contributed by atoms with Crippen LogP contribution in [0.1, 0.15) is 122 Å². The van der Waals surface area contributed by atoms with Crippen LogP contribution < -0.4 is 10.0 Å². The van der Waals surface area contributed by atoms with E-state index in [-0.39, 0.29) is 54.8 Å². The first-order chi connectivity index (χ1) is 39.5. The summed E-state index contributed by atoms with van der Waals surface area (Å²) in [5.74, 6) is -5.84. The van der Waals surface area contributed by atoms with E-state index in [2.05, 4.69) is 27.0 Å². The average Bonchev–Trinajstić information content (AvgIpc) is 3.78. The zero-order chi connectivity index (χ0) is 62.0. The van der Waals surface area contributed by atoms with Gasteiger partial charge in [0.2, 0.25) is 10.0 Å². The molecule has 5 saturated heterocycles. The van der Waals surface area contributed by atoms with Gasteiger partial charge in [0.05, 0.1) is 59.2 Å². The van der Waals surface area contributed by atoms with Crippen molar-refractivity contribution >= 4 is 33.6 Å². The summed E-state index contributed by atoms with van der Waals surface area (Å²) < 4.78 is 99.1. The van der Waals surface area contributed by atoms with E-state index in [9.17, 15) is 23.4 Å². The first-order valence-corrected chi connectivity index (χ1v) is 31.4. The lowest BCUT2D eigenvalue weighted by molar-refractivity contribution is -0.305. The van der Waals surface area contributed by atoms with Crippen LogP contribution in [-0.4, -0.2) is 204 Å². The van der Waals surface area contributed by atoms with Crippen LogP contribution >= 0.6 is 0 Å². The normalized spacial score (nSPS) is 38.7. The molecule has 24 heteroatoms. The molecule has 5 fully saturated rings. The topological polar surface area (TPSA) is 276 Å². The monoisotopic (exact) mass is 1210 g/mol. The van der Waals surface area contributed by atoms with E-state index in [4.69, 9.17) is 56.9 Å². The van der Waals surface area contributed by atoms with Gasteiger partial charge in [-0.25, -0.2) is 17.9 Å². The molecule has 1 radical (unpaired) electrons. The van der Waals surface area contributed by atoms with Gasteiger partial charge in [0, 0.05) is 83.2 Å². The molecule has 1 aromatic carbocycles. The summed E-state index contributed by atoms with van der Waals surface area (Å²) in [7, 11) is 0.334. The third-order valence-electron chi connectivity index (χ3n) is 17.3. The molecule has 5 heterocycles. The van der Waals surface area contributed by atoms with E-state index in [1.54, 1.807) is 59.2 Å². The van der Waals surface area contributed by atoms with Crippen molar-refractivity contribution < 1.29 is 90.0 Å². The Morgan fingerprint density at radius 3 is 2.19 bits per heavy atom. The van der Waals surface area contributed by atoms with Crippen LogP contribution in [0.3, 0.4) is 0 Å². The number of cyclic esters (lactones) is 1. The highest BCUT2D eigenvalue weighted by molar-refractivity contribution is 7.89. The Labute approximate surface area is 498 Å². The molecule has 5 aliphatic rings. The van der Waals surface area contributed by atoms with Crippen LogP contribution in [0.2, 0.25) is 0 Å². The largest absolute Gasteiger partial charge is 0.461 e. The van der Waals surface area contributed by atoms with Crippen molar-refractivity contribution in [2.45, 2.75) is 230 Å². The maximum Gasteiger partial charge on any atom is 0.408 e. The molecule has 2 unspecified atom stereocenters. The number of sulfonamides is 1. The van der Waals surface area contributed by atoms with E-state index >= 15 is 9.59 Å². The minimum absolute atomic E-state index is 0.000210. The molecule has 4 N–H and O–H groups in total. The molecule has 0 bridgehead atoms. The molecule has 1 amide bonds. The van der Waals surface area contributed by atoms with Gasteiger partial charge in [0.15, 0.2) is 30.3 Å². The quantitative estimate of drug-likeness (QED) is 0.103. The predicted octanol–water partition coefficient (Wildman–Crippen LogP) is 5.56. The van der Waals surface area contributed by atoms with Crippen LogP contribution in [0, 0.1) is 41.9 Å². The first kappa shape index (κ1) is 69.6. The minimum atomic E-state index is -3.98. The van der Waals surface area contributed by atoms with Crippen molar-refractivity contribution in [3.8, 4) is 0 Å². The number of alkyl carbamates (subject to hydrolysis) is 1. The molecule has 0 aromatic heterocycles. The maximum atomic E-state index is 15.5. The number of hydrogen-bond acceptors (Lipinski definition) is 21. The number of esters is 1. The van der Waals surface area contributed by atoms with Gasteiger partial charge < -0.3 is 72.5 Å². The summed E-state index contributed by atoms with van der Waals surface area (Å²) in [6.45, 7) is 24.9. The molecule has 0 spiro atoms. The van der Waals surface area contributed by atoms with Crippen molar-refractivity contribution in [1.82, 2.24) is 14.9 Å². The van der Waals surface area contributed by atoms with E-state index in [1.807, 2.05) is 41.5 Å². The van der Waals surface area contributed by atoms with Gasteiger partial charge in [0.1, 0.15) is 37.6 Å². The number of nitrogens with one attached hydrogen (secondary N) is 2. The van der Waals surface area contributed by atoms with Gasteiger partial charge in [-0.15, -0.1) is 0 Å². The molecule has 5 aliphatic heterocycles. The SMILES string of the molecule is CON=C1C[C@@H](C)O[C@@H](O[C@@H]2[C@@H](C)[C@H](O[C@H]3CC(C)N(C4CCOCC4)C[C@H](C)O3)[C@@H](C)C(=O)O[C@@H](C(C)CO[C@@H]3O[C@H](C)[C@@H](O)[C@@H](OC)[C@H]3OC)[C@@H](C)[CH][C@@H](C)C(=O)[C@@](C)(OC(=O)NC(C)(C)CNS(=O)(=O)c3ccccc3)C[C@@H]2C)[C@@H]1O. The number of carbonyl (C=O) groups excluding carboxylic acids is 3. The van der Waals surface area contributed by atoms with E-state index in [0.29, 0.717) is 26.2 Å². The van der Waals surface area contributed by atoms with Gasteiger partial charge in [0.25, 0.3) is 0 Å². The highest BCUT2D eigenvalue weighted by Crippen LogP contribution is 2.40. The molecule has 23 nitrogen and oxygen atoms in total. The Bertz CT molecular complexity index is 2400. The van der Waals surface area contributed by atoms with Gasteiger partial charge in [-0.3, -0.25) is 14.5 Å². The van der Waals surface area contributed by atoms with Gasteiger partial charge >= 0.3 is 12.1 Å². The lowest BCUT2D eigenvalue weighted by Crippen LogP contribution is -2.59. The van der Waals surface area contributed by atoms with Gasteiger partial charge in [-0.05, 0) is 105 Å². The van der Waals surface area contributed by atoms with E-state index in [0.717, 1.165) is 12.8 Å². The zero-order valence-corrected chi connectivity index (χ0v) is 53.1. The number of rotatable bonds is 18. The summed E-state index contributed by atoms with van der Waals surface area (Å²) in [4.78, 5) is 52.9. The van der Waals surface area contributed by atoms with Crippen LogP contribution in [-0.2, 0) is 76.6 Å². The number of oxime groups is 1. The van der Waals surface area contributed by atoms with Crippen molar-refractivity contribution in [3.05, 3.63) is 36.8 Å². The van der Waals surface area contributed by atoms with Gasteiger partial charge in [-0.2, -0.15) is 0 Å². The number of Topliss-reactive ketones (excluding diaryl/α,β-unsaturated/α-hetero) is 1. The highest BCUT2D eigenvalue weighted by Gasteiger charge is 2.51. The Morgan fingerprint density at radius 2 is 1.55 bits per heavy atom. The van der Waals surface area contributed by atoms with Gasteiger partial charge in [-0.1, -0.05) is 58.0 Å². The molecule has 0 aliphatic carbocycles. The third kappa shape index (κ3) is 17.9. The summed E-state index contributed by atoms with van der Waals surface area (Å²) in [5.41, 5.74) is -2.89. The summed E-state index contributed by atoms with van der Waals surface area (Å²) in [6.07, 6.45) is -8.56. The van der Waals surface area contributed by atoms with Crippen molar-refractivity contribution in [2.24, 2.45) is 40.7 Å². The maximum absolute atomic E-state index is 15.5. The smallest absolute Gasteiger partial charge is 0.408 e. The van der Waals surface area contributed by atoms with Crippen LogP contribution in [0.5, 0.6) is 0 Å². The molecule has 1 aromatic rings. The van der Waals surface area contributed by atoms with E-state index < -0.39 is 148 Å². The molecule has 84 heavy (non-hydrogen) atoms. The fourth-order valence-corrected chi connectivity index (χ4v) is 14.0. The lowest BCUT2D eigenvalue weighted by atomic mass is 9.75. The average molecular weight is 1210 g/mol. The minimum Gasteiger partial charge on any atom is -0.461 e. The predicted molar refractivity (Wildman–Crippen MR) is 309 cm³/mol. The summed E-state index contributed by atoms with van der Waals surface area (Å²) in [6, 6.07) is 8.11. The standard InChI is InChI=1S/C60H99N4O19S/c1-33-26-34(2)54(67)60(13,83-58(69)62-59(11,12)32-61-84(70,71)44-20-18-17-19-21-44)29-35(3)50(82-56-48(66)45(63-74-16)28-38(6)78-56)40(8)51(80-46-27-37(5)64(30-39(7)77-46)43-22-24-75-25-23-43)41(9)55(68)81-49(33)36(4)31-76-57-53(73-15)52(72-14)47(65)42(10)79-57/h17-21,26,33-43,46-53,56-57,61,65-66H,22-25,27-32H2,1-16H3,(H,62,69)/t33-,34+,35-,36?,37?,38+,39-,40+,41+,42+,46-,47+,48+,49+,50-,51-,52+,53+,56-,57+,60-/m0/s1. The molecule has 479 valence electrons. The Hall–Kier alpha value is -3.47. The number of benzene rings is 1. The van der Waals surface area contributed by atoms with Crippen molar-refractivity contribution in [3.63, 3.8) is 0 Å². The first-order valence-electron chi connectivity index (χ1n) is 29.9. The second kappa shape index (κ2) is 30.6. The van der Waals surface area contributed by atoms with Crippen LogP contribution in [0.4, 0.5) is 4.79 Å². The Morgan fingerprint density at radius 1 is 0.881 bits per heavy atom. The lowest BCUT2D eigenvalue weighted by Gasteiger charge is -2.44. The number of nitrogens with zero attached hydrogens (tertiary/aromatic N) is 2. The number of hydrogen-bond donors (Lipinski definition) is 4. The number of aliphatic hydroxyl groups excluding tert-OH is 2. The van der Waals surface area contributed by atoms with Crippen LogP contribution in [0.25, 0.3) is 0 Å². The number of ketones is 1. The number of carbonyl (C=O) groups is 3. The highest BCUT2D eigenvalue weighted by atomic mass is 32.2. The van der Waals surface area contributed by atoms with Crippen molar-refractivity contribution in [1.29, 1.82) is 0 Å². The number of ether oxygens (including phenoxy) is 11. The molecule has 6 rings (SSSR count).